The summed E-state index contributed by atoms with van der Waals surface area (Å²) < 4.78 is 49.8. The van der Waals surface area contributed by atoms with Crippen LogP contribution in [-0.4, -0.2) is 31.6 Å². The number of benzene rings is 1. The first kappa shape index (κ1) is 20.7. The second kappa shape index (κ2) is 9.25. The summed E-state index contributed by atoms with van der Waals surface area (Å²) in [5.41, 5.74) is -2.04. The maximum Gasteiger partial charge on any atom is 0.423 e. The second-order valence-corrected chi connectivity index (χ2v) is 5.23. The monoisotopic (exact) mass is 358 g/mol. The van der Waals surface area contributed by atoms with Crippen LogP contribution in [0.1, 0.15) is 43.5 Å². The molecule has 0 heterocycles. The molecule has 0 aliphatic heterocycles. The van der Waals surface area contributed by atoms with Crippen LogP contribution in [0.15, 0.2) is 35.4 Å². The van der Waals surface area contributed by atoms with Gasteiger partial charge in [0.15, 0.2) is 5.78 Å². The average molecular weight is 358 g/mol. The van der Waals surface area contributed by atoms with Crippen molar-refractivity contribution in [3.8, 4) is 5.75 Å². The molecule has 0 bridgehead atoms. The Labute approximate surface area is 144 Å². The van der Waals surface area contributed by atoms with Gasteiger partial charge in [-0.25, -0.2) is 4.79 Å². The molecule has 0 aliphatic rings. The minimum atomic E-state index is -4.97. The van der Waals surface area contributed by atoms with Crippen LogP contribution < -0.4 is 4.74 Å². The lowest BCUT2D eigenvalue weighted by Gasteiger charge is -2.16. The summed E-state index contributed by atoms with van der Waals surface area (Å²) in [6.07, 6.45) is -4.21. The van der Waals surface area contributed by atoms with Gasteiger partial charge in [0, 0.05) is 11.1 Å². The molecule has 25 heavy (non-hydrogen) atoms. The number of allylic oxidation sites excluding steroid dienone is 1. The van der Waals surface area contributed by atoms with Crippen LogP contribution >= 0.6 is 0 Å². The lowest BCUT2D eigenvalue weighted by Crippen LogP contribution is -2.26. The van der Waals surface area contributed by atoms with Crippen LogP contribution in [0.5, 0.6) is 5.75 Å². The Bertz CT molecular complexity index is 631. The highest BCUT2D eigenvalue weighted by Gasteiger charge is 2.43. The van der Waals surface area contributed by atoms with Crippen LogP contribution in [0.4, 0.5) is 13.2 Å². The fraction of sp³-hybridized carbons (Fsp3) is 0.444. The highest BCUT2D eigenvalue weighted by molar-refractivity contribution is 6.13. The zero-order valence-electron chi connectivity index (χ0n) is 14.4. The molecule has 0 fully saturated rings. The van der Waals surface area contributed by atoms with E-state index in [1.807, 2.05) is 0 Å². The number of alkyl halides is 3. The predicted octanol–water partition coefficient (Wildman–Crippen LogP) is 4.49. The Hall–Kier alpha value is -2.31. The van der Waals surface area contributed by atoms with E-state index in [-0.39, 0.29) is 18.6 Å². The molecule has 7 heteroatoms. The quantitative estimate of drug-likeness (QED) is 0.390. The van der Waals surface area contributed by atoms with Gasteiger partial charge in [-0.15, -0.1) is 0 Å². The molecular weight excluding hydrogens is 337 g/mol. The van der Waals surface area contributed by atoms with E-state index in [1.54, 1.807) is 6.92 Å². The van der Waals surface area contributed by atoms with Gasteiger partial charge in [-0.3, -0.25) is 4.79 Å². The number of ketones is 1. The lowest BCUT2D eigenvalue weighted by atomic mass is 9.93. The maximum atomic E-state index is 13.4. The Morgan fingerprint density at radius 3 is 2.12 bits per heavy atom. The molecule has 0 saturated heterocycles. The van der Waals surface area contributed by atoms with Gasteiger partial charge < -0.3 is 9.47 Å². The van der Waals surface area contributed by atoms with Gasteiger partial charge in [-0.2, -0.15) is 13.2 Å². The molecule has 1 aromatic carbocycles. The van der Waals surface area contributed by atoms with Gasteiger partial charge in [0.1, 0.15) is 11.3 Å². The van der Waals surface area contributed by atoms with Gasteiger partial charge in [-0.05, 0) is 44.0 Å². The number of ether oxygens (including phenoxy) is 2. The first-order valence-electron chi connectivity index (χ1n) is 7.92. The standard InChI is InChI=1S/C18H21F3O4/c1-4-6-7-14(15(18(19,20)21)17(23)25-5-2)16(22)12-8-10-13(24-3)11-9-12/h8-11H,4-7H2,1-3H3/b15-14-. The number of carbonyl (C=O) groups is 2. The fourth-order valence-corrected chi connectivity index (χ4v) is 2.24. The number of hydrogen-bond donors (Lipinski definition) is 0. The van der Waals surface area contributed by atoms with Crippen molar-refractivity contribution >= 4 is 11.8 Å². The number of methoxy groups -OCH3 is 1. The SMILES string of the molecule is CCCC/C(C(=O)c1ccc(OC)cc1)=C(\C(=O)OCC)C(F)(F)F. The molecule has 0 atom stereocenters. The Balaban J connectivity index is 3.43. The zero-order valence-corrected chi connectivity index (χ0v) is 14.4. The van der Waals surface area contributed by atoms with Crippen molar-refractivity contribution in [1.82, 2.24) is 0 Å². The van der Waals surface area contributed by atoms with E-state index >= 15 is 0 Å². The Kier molecular flexibility index (Phi) is 7.67. The van der Waals surface area contributed by atoms with Gasteiger partial charge in [0.2, 0.25) is 0 Å². The van der Waals surface area contributed by atoms with Crippen molar-refractivity contribution in [2.24, 2.45) is 0 Å². The molecule has 138 valence electrons. The molecule has 0 unspecified atom stereocenters. The smallest absolute Gasteiger partial charge is 0.423 e. The fourth-order valence-electron chi connectivity index (χ4n) is 2.24. The van der Waals surface area contributed by atoms with E-state index < -0.39 is 29.1 Å². The number of halogens is 3. The molecule has 0 spiro atoms. The van der Waals surface area contributed by atoms with E-state index in [4.69, 9.17) is 4.74 Å². The number of hydrogen-bond acceptors (Lipinski definition) is 4. The van der Waals surface area contributed by atoms with Crippen LogP contribution in [0.2, 0.25) is 0 Å². The molecule has 1 rings (SSSR count). The molecule has 0 aromatic heterocycles. The number of esters is 1. The molecule has 0 aliphatic carbocycles. The van der Waals surface area contributed by atoms with Gasteiger partial charge in [-0.1, -0.05) is 13.3 Å². The third kappa shape index (κ3) is 5.62. The second-order valence-electron chi connectivity index (χ2n) is 5.23. The normalized spacial score (nSPS) is 12.4. The van der Waals surface area contributed by atoms with E-state index in [0.717, 1.165) is 0 Å². The lowest BCUT2D eigenvalue weighted by molar-refractivity contribution is -0.150. The topological polar surface area (TPSA) is 52.6 Å². The minimum absolute atomic E-state index is 0.0537. The van der Waals surface area contributed by atoms with Crippen molar-refractivity contribution in [2.75, 3.05) is 13.7 Å². The molecule has 0 radical (unpaired) electrons. The highest BCUT2D eigenvalue weighted by atomic mass is 19.4. The molecule has 0 amide bonds. The number of rotatable bonds is 8. The summed E-state index contributed by atoms with van der Waals surface area (Å²) in [4.78, 5) is 24.5. The summed E-state index contributed by atoms with van der Waals surface area (Å²) >= 11 is 0. The number of carbonyl (C=O) groups excluding carboxylic acids is 2. The molecular formula is C18H21F3O4. The zero-order chi connectivity index (χ0) is 19.0. The Morgan fingerprint density at radius 1 is 1.08 bits per heavy atom. The van der Waals surface area contributed by atoms with Crippen LogP contribution in [0, 0.1) is 0 Å². The largest absolute Gasteiger partial charge is 0.497 e. The van der Waals surface area contributed by atoms with Gasteiger partial charge in [0.05, 0.1) is 13.7 Å². The van der Waals surface area contributed by atoms with Crippen LogP contribution in [0.3, 0.4) is 0 Å². The summed E-state index contributed by atoms with van der Waals surface area (Å²) in [5, 5.41) is 0. The van der Waals surface area contributed by atoms with Crippen LogP contribution in [-0.2, 0) is 9.53 Å². The van der Waals surface area contributed by atoms with E-state index in [1.165, 1.54) is 38.3 Å². The van der Waals surface area contributed by atoms with E-state index in [2.05, 4.69) is 4.74 Å². The average Bonchev–Trinajstić information content (AvgIpc) is 2.57. The maximum absolute atomic E-state index is 13.4. The summed E-state index contributed by atoms with van der Waals surface area (Å²) in [7, 11) is 1.44. The third-order valence-corrected chi connectivity index (χ3v) is 3.47. The van der Waals surface area contributed by atoms with Crippen LogP contribution in [0.25, 0.3) is 0 Å². The van der Waals surface area contributed by atoms with Crippen molar-refractivity contribution in [2.45, 2.75) is 39.3 Å². The summed E-state index contributed by atoms with van der Waals surface area (Å²) in [6.45, 7) is 2.98. The molecule has 0 N–H and O–H groups in total. The first-order valence-corrected chi connectivity index (χ1v) is 7.92. The first-order chi connectivity index (χ1) is 11.8. The van der Waals surface area contributed by atoms with Gasteiger partial charge >= 0.3 is 12.1 Å². The summed E-state index contributed by atoms with van der Waals surface area (Å²) in [5.74, 6) is -1.89. The third-order valence-electron chi connectivity index (χ3n) is 3.47. The minimum Gasteiger partial charge on any atom is -0.497 e. The molecule has 0 saturated carbocycles. The van der Waals surface area contributed by atoms with Crippen molar-refractivity contribution in [1.29, 1.82) is 0 Å². The van der Waals surface area contributed by atoms with E-state index in [9.17, 15) is 22.8 Å². The number of unbranched alkanes of at least 4 members (excludes halogenated alkanes) is 1. The van der Waals surface area contributed by atoms with E-state index in [0.29, 0.717) is 18.6 Å². The van der Waals surface area contributed by atoms with Crippen molar-refractivity contribution < 1.29 is 32.2 Å². The van der Waals surface area contributed by atoms with Crippen molar-refractivity contribution in [3.63, 3.8) is 0 Å². The summed E-state index contributed by atoms with van der Waals surface area (Å²) in [6, 6.07) is 5.68. The van der Waals surface area contributed by atoms with Crippen molar-refractivity contribution in [3.05, 3.63) is 41.0 Å². The van der Waals surface area contributed by atoms with Gasteiger partial charge in [0.25, 0.3) is 0 Å². The molecule has 1 aromatic rings. The Morgan fingerprint density at radius 2 is 1.68 bits per heavy atom. The molecule has 4 nitrogen and oxygen atoms in total. The highest BCUT2D eigenvalue weighted by Crippen LogP contribution is 2.33. The predicted molar refractivity (Wildman–Crippen MR) is 86.6 cm³/mol. The number of Topliss-reactive ketones (excluding diaryl/α,β-unsaturated/α-hetero) is 1.